The number of rotatable bonds is 5. The number of aliphatic hydroxyl groups is 1. The first-order chi connectivity index (χ1) is 11.6. The molecule has 0 unspecified atom stereocenters. The highest BCUT2D eigenvalue weighted by molar-refractivity contribution is 6.30. The van der Waals surface area contributed by atoms with E-state index in [1.165, 1.54) is 11.1 Å². The van der Waals surface area contributed by atoms with Crippen LogP contribution >= 0.6 is 11.6 Å². The lowest BCUT2D eigenvalue weighted by Crippen LogP contribution is -2.32. The fraction of sp³-hybridized carbons (Fsp3) is 0.444. The molecule has 3 rings (SSSR count). The summed E-state index contributed by atoms with van der Waals surface area (Å²) in [7, 11) is 0. The molecule has 1 aromatic heterocycles. The average Bonchev–Trinajstić information content (AvgIpc) is 2.59. The first kappa shape index (κ1) is 17.0. The van der Waals surface area contributed by atoms with Gasteiger partial charge in [0.05, 0.1) is 12.6 Å². The van der Waals surface area contributed by atoms with Crippen molar-refractivity contribution in [1.29, 1.82) is 0 Å². The number of benzene rings is 1. The molecule has 2 aromatic rings. The molecule has 2 N–H and O–H groups in total. The lowest BCUT2D eigenvalue weighted by atomic mass is 10.00. The summed E-state index contributed by atoms with van der Waals surface area (Å²) in [5, 5.41) is 13.5. The number of fused-ring (bicyclic) bond motifs is 1. The zero-order valence-electron chi connectivity index (χ0n) is 14.0. The molecule has 0 fully saturated rings. The smallest absolute Gasteiger partial charge is 0.224 e. The molecule has 1 aliphatic heterocycles. The van der Waals surface area contributed by atoms with Crippen molar-refractivity contribution in [2.75, 3.05) is 23.4 Å². The van der Waals surface area contributed by atoms with Crippen molar-refractivity contribution in [3.63, 3.8) is 0 Å². The Labute approximate surface area is 147 Å². The van der Waals surface area contributed by atoms with Crippen molar-refractivity contribution in [2.24, 2.45) is 5.92 Å². The molecule has 0 amide bonds. The van der Waals surface area contributed by atoms with Crippen LogP contribution in [0.4, 0.5) is 11.8 Å². The van der Waals surface area contributed by atoms with Gasteiger partial charge in [-0.15, -0.1) is 0 Å². The molecule has 128 valence electrons. The average molecular weight is 347 g/mol. The Balaban J connectivity index is 1.76. The topological polar surface area (TPSA) is 61.3 Å². The van der Waals surface area contributed by atoms with E-state index in [2.05, 4.69) is 46.2 Å². The monoisotopic (exact) mass is 346 g/mol. The molecule has 24 heavy (non-hydrogen) atoms. The summed E-state index contributed by atoms with van der Waals surface area (Å²) in [6.07, 6.45) is 2.71. The standard InChI is InChI=1S/C18H23ClN4O/c1-12(2)16(11-24)21-18-20-7-5-17(22-18)23-8-6-13-9-15(19)4-3-14(13)10-23/h3-5,7,9,12,16,24H,6,8,10-11H2,1-2H3,(H,20,21,22)/t16-/m0/s1. The maximum absolute atomic E-state index is 9.47. The quantitative estimate of drug-likeness (QED) is 0.871. The molecular formula is C18H23ClN4O. The minimum atomic E-state index is -0.0514. The number of aromatic nitrogens is 2. The van der Waals surface area contributed by atoms with Crippen LogP contribution in [0.3, 0.4) is 0 Å². The van der Waals surface area contributed by atoms with Gasteiger partial charge in [0.2, 0.25) is 5.95 Å². The van der Waals surface area contributed by atoms with E-state index in [0.29, 0.717) is 11.9 Å². The highest BCUT2D eigenvalue weighted by Crippen LogP contribution is 2.26. The maximum atomic E-state index is 9.47. The second kappa shape index (κ2) is 7.36. The van der Waals surface area contributed by atoms with Crippen LogP contribution in [0.15, 0.2) is 30.5 Å². The summed E-state index contributed by atoms with van der Waals surface area (Å²) in [4.78, 5) is 11.1. The van der Waals surface area contributed by atoms with E-state index in [4.69, 9.17) is 11.6 Å². The zero-order valence-corrected chi connectivity index (χ0v) is 14.8. The van der Waals surface area contributed by atoms with Gasteiger partial charge in [0.25, 0.3) is 0 Å². The number of hydrogen-bond acceptors (Lipinski definition) is 5. The number of anilines is 2. The van der Waals surface area contributed by atoms with Crippen molar-refractivity contribution in [2.45, 2.75) is 32.9 Å². The Morgan fingerprint density at radius 1 is 1.29 bits per heavy atom. The Hall–Kier alpha value is -1.85. The Morgan fingerprint density at radius 3 is 2.88 bits per heavy atom. The van der Waals surface area contributed by atoms with Gasteiger partial charge < -0.3 is 15.3 Å². The van der Waals surface area contributed by atoms with Crippen LogP contribution in [-0.2, 0) is 13.0 Å². The molecule has 0 radical (unpaired) electrons. The maximum Gasteiger partial charge on any atom is 0.224 e. The van der Waals surface area contributed by atoms with Crippen LogP contribution in [0.5, 0.6) is 0 Å². The Kier molecular flexibility index (Phi) is 5.21. The van der Waals surface area contributed by atoms with Crippen molar-refractivity contribution in [3.8, 4) is 0 Å². The van der Waals surface area contributed by atoms with E-state index in [1.807, 2.05) is 12.1 Å². The van der Waals surface area contributed by atoms with Crippen LogP contribution in [-0.4, -0.2) is 34.3 Å². The first-order valence-electron chi connectivity index (χ1n) is 8.29. The van der Waals surface area contributed by atoms with Crippen molar-refractivity contribution in [1.82, 2.24) is 9.97 Å². The summed E-state index contributed by atoms with van der Waals surface area (Å²) in [5.41, 5.74) is 2.60. The fourth-order valence-electron chi connectivity index (χ4n) is 2.90. The van der Waals surface area contributed by atoms with Gasteiger partial charge in [-0.1, -0.05) is 31.5 Å². The molecule has 0 aliphatic carbocycles. The van der Waals surface area contributed by atoms with E-state index < -0.39 is 0 Å². The number of nitrogens with zero attached hydrogens (tertiary/aromatic N) is 3. The molecule has 0 saturated carbocycles. The van der Waals surface area contributed by atoms with Gasteiger partial charge in [0.1, 0.15) is 5.82 Å². The highest BCUT2D eigenvalue weighted by Gasteiger charge is 2.19. The molecule has 2 heterocycles. The molecule has 1 aromatic carbocycles. The molecule has 0 spiro atoms. The fourth-order valence-corrected chi connectivity index (χ4v) is 3.10. The van der Waals surface area contributed by atoms with Crippen LogP contribution in [0.1, 0.15) is 25.0 Å². The number of nitrogens with one attached hydrogen (secondary N) is 1. The third-order valence-corrected chi connectivity index (χ3v) is 4.70. The summed E-state index contributed by atoms with van der Waals surface area (Å²) in [6.45, 7) is 5.89. The number of aliphatic hydroxyl groups excluding tert-OH is 1. The number of hydrogen-bond donors (Lipinski definition) is 2. The van der Waals surface area contributed by atoms with Crippen LogP contribution in [0.25, 0.3) is 0 Å². The van der Waals surface area contributed by atoms with Gasteiger partial charge in [-0.3, -0.25) is 0 Å². The predicted octanol–water partition coefficient (Wildman–Crippen LogP) is 3.12. The summed E-state index contributed by atoms with van der Waals surface area (Å²) < 4.78 is 0. The third-order valence-electron chi connectivity index (χ3n) is 4.46. The second-order valence-electron chi connectivity index (χ2n) is 6.50. The molecule has 5 nitrogen and oxygen atoms in total. The molecule has 6 heteroatoms. The van der Waals surface area contributed by atoms with Crippen molar-refractivity contribution in [3.05, 3.63) is 46.6 Å². The second-order valence-corrected chi connectivity index (χ2v) is 6.94. The summed E-state index contributed by atoms with van der Waals surface area (Å²) >= 11 is 6.08. The number of halogens is 1. The molecule has 0 bridgehead atoms. The summed E-state index contributed by atoms with van der Waals surface area (Å²) in [5.74, 6) is 1.75. The predicted molar refractivity (Wildman–Crippen MR) is 97.6 cm³/mol. The van der Waals surface area contributed by atoms with E-state index >= 15 is 0 Å². The van der Waals surface area contributed by atoms with E-state index in [-0.39, 0.29) is 12.6 Å². The lowest BCUT2D eigenvalue weighted by Gasteiger charge is -2.30. The molecule has 0 saturated heterocycles. The van der Waals surface area contributed by atoms with Gasteiger partial charge in [-0.25, -0.2) is 4.98 Å². The van der Waals surface area contributed by atoms with Crippen LogP contribution in [0.2, 0.25) is 5.02 Å². The van der Waals surface area contributed by atoms with Gasteiger partial charge in [-0.05, 0) is 41.7 Å². The van der Waals surface area contributed by atoms with Gasteiger partial charge in [-0.2, -0.15) is 4.98 Å². The highest BCUT2D eigenvalue weighted by atomic mass is 35.5. The Morgan fingerprint density at radius 2 is 2.12 bits per heavy atom. The largest absolute Gasteiger partial charge is 0.394 e. The van der Waals surface area contributed by atoms with Crippen molar-refractivity contribution >= 4 is 23.4 Å². The first-order valence-corrected chi connectivity index (χ1v) is 8.67. The Bertz CT molecular complexity index is 707. The van der Waals surface area contributed by atoms with Crippen LogP contribution < -0.4 is 10.2 Å². The van der Waals surface area contributed by atoms with Gasteiger partial charge in [0, 0.05) is 24.3 Å². The van der Waals surface area contributed by atoms with Gasteiger partial charge >= 0.3 is 0 Å². The molecule has 1 aliphatic rings. The van der Waals surface area contributed by atoms with E-state index in [9.17, 15) is 5.11 Å². The third kappa shape index (κ3) is 3.79. The SMILES string of the molecule is CC(C)[C@H](CO)Nc1nccc(N2CCc3cc(Cl)ccc3C2)n1. The molecule has 1 atom stereocenters. The normalized spacial score (nSPS) is 15.3. The molecular weight excluding hydrogens is 324 g/mol. The van der Waals surface area contributed by atoms with Gasteiger partial charge in [0.15, 0.2) is 0 Å². The lowest BCUT2D eigenvalue weighted by molar-refractivity contribution is 0.248. The van der Waals surface area contributed by atoms with E-state index in [0.717, 1.165) is 30.4 Å². The zero-order chi connectivity index (χ0) is 17.1. The van der Waals surface area contributed by atoms with E-state index in [1.54, 1.807) is 6.20 Å². The van der Waals surface area contributed by atoms with Crippen LogP contribution in [0, 0.1) is 5.92 Å². The summed E-state index contributed by atoms with van der Waals surface area (Å²) in [6, 6.07) is 7.95. The van der Waals surface area contributed by atoms with Crippen molar-refractivity contribution < 1.29 is 5.11 Å². The minimum Gasteiger partial charge on any atom is -0.394 e. The minimum absolute atomic E-state index is 0.0514.